The molecule has 0 amide bonds. The van der Waals surface area contributed by atoms with Crippen LogP contribution >= 0.6 is 63.7 Å². The molecule has 4 nitrogen and oxygen atoms in total. The molecule has 0 N–H and O–H groups in total. The smallest absolute Gasteiger partial charge is 0.0738 e. The Morgan fingerprint density at radius 3 is 1.74 bits per heavy atom. The number of hydrogen-bond donors (Lipinski definition) is 0. The highest BCUT2D eigenvalue weighted by atomic mass is 79.9. The van der Waals surface area contributed by atoms with Gasteiger partial charge in [0, 0.05) is 29.0 Å². The van der Waals surface area contributed by atoms with E-state index in [4.69, 9.17) is 20.0 Å². The second kappa shape index (κ2) is 8.75. The second-order valence-corrected chi connectivity index (χ2v) is 11.0. The van der Waals surface area contributed by atoms with E-state index in [0.717, 1.165) is 74.7 Å². The summed E-state index contributed by atoms with van der Waals surface area (Å²) < 4.78 is 3.67. The van der Waals surface area contributed by atoms with Crippen molar-refractivity contribution < 1.29 is 0 Å². The zero-order chi connectivity index (χ0) is 23.4. The van der Waals surface area contributed by atoms with Crippen LogP contribution in [0.3, 0.4) is 0 Å². The lowest BCUT2D eigenvalue weighted by atomic mass is 9.99. The fourth-order valence-corrected chi connectivity index (χ4v) is 6.13. The number of nitrogens with zero attached hydrogens (tertiary/aromatic N) is 4. The molecule has 0 radical (unpaired) electrons. The topological polar surface area (TPSA) is 49.4 Å². The van der Waals surface area contributed by atoms with Crippen molar-refractivity contribution in [2.75, 3.05) is 0 Å². The van der Waals surface area contributed by atoms with Crippen LogP contribution in [0, 0.1) is 0 Å². The average molecular weight is 700 g/mol. The van der Waals surface area contributed by atoms with Gasteiger partial charge in [-0.25, -0.2) is 20.0 Å². The fourth-order valence-electron chi connectivity index (χ4n) is 3.92. The molecule has 0 fully saturated rings. The Bertz CT molecular complexity index is 1570. The van der Waals surface area contributed by atoms with Crippen LogP contribution in [0.2, 0.25) is 0 Å². The number of fused-ring (bicyclic) bond motifs is 4. The summed E-state index contributed by atoms with van der Waals surface area (Å²) in [5.74, 6) is 0. The van der Waals surface area contributed by atoms with Gasteiger partial charge >= 0.3 is 0 Å². The van der Waals surface area contributed by atoms with E-state index in [-0.39, 0.29) is 0 Å². The third-order valence-electron chi connectivity index (χ3n) is 5.46. The molecular weight excluding hydrogens is 688 g/mol. The van der Waals surface area contributed by atoms with Gasteiger partial charge < -0.3 is 0 Å². The highest BCUT2D eigenvalue weighted by Gasteiger charge is 2.23. The average Bonchev–Trinajstić information content (AvgIpc) is 3.61. The third-order valence-corrected chi connectivity index (χ3v) is 10.1. The predicted octanol–water partition coefficient (Wildman–Crippen LogP) is 8.16. The minimum Gasteiger partial charge on any atom is -0.249 e. The molecule has 8 bridgehead atoms. The minimum absolute atomic E-state index is 0.830. The lowest BCUT2D eigenvalue weighted by Gasteiger charge is -2.14. The highest BCUT2D eigenvalue weighted by Crippen LogP contribution is 2.43. The van der Waals surface area contributed by atoms with Crippen molar-refractivity contribution in [1.82, 2.24) is 0 Å². The number of benzene rings is 1. The molecule has 0 saturated carbocycles. The molecule has 0 atom stereocenters. The SMILES string of the molecule is Brc1cc(C2=C3C=CC(=N3)C=C3C=CC(=N3)C=C3C=CC(=N3)C=C3C=CC2=N3)c(Br)c(Br)c1Br. The van der Waals surface area contributed by atoms with Gasteiger partial charge in [0.2, 0.25) is 0 Å². The second-order valence-electron chi connectivity index (χ2n) is 7.76. The van der Waals surface area contributed by atoms with Crippen molar-refractivity contribution in [2.45, 2.75) is 0 Å². The Morgan fingerprint density at radius 2 is 1.06 bits per heavy atom. The standard InChI is InChI=1S/C26H12Br4N4/c27-20-12-19(24(28)26(30)25(20)29)23-21-7-5-17(33-21)10-15-3-1-13(31-15)9-14-2-4-16(32-14)11-18-6-8-22(23)34-18/h1-12H. The number of rotatable bonds is 1. The summed E-state index contributed by atoms with van der Waals surface area (Å²) in [6.07, 6.45) is 21.9. The quantitative estimate of drug-likeness (QED) is 0.210. The Hall–Kier alpha value is -2.26. The first-order valence-corrected chi connectivity index (χ1v) is 13.4. The van der Waals surface area contributed by atoms with Crippen molar-refractivity contribution in [3.8, 4) is 0 Å². The maximum atomic E-state index is 4.93. The van der Waals surface area contributed by atoms with E-state index in [9.17, 15) is 0 Å². The molecule has 5 aliphatic rings. The monoisotopic (exact) mass is 696 g/mol. The summed E-state index contributed by atoms with van der Waals surface area (Å²) in [4.78, 5) is 19.3. The summed E-state index contributed by atoms with van der Waals surface area (Å²) in [6, 6.07) is 2.06. The molecule has 8 heteroatoms. The van der Waals surface area contributed by atoms with E-state index in [1.807, 2.05) is 66.8 Å². The molecule has 164 valence electrons. The van der Waals surface area contributed by atoms with Crippen LogP contribution in [0.1, 0.15) is 5.56 Å². The first-order chi connectivity index (χ1) is 16.4. The minimum atomic E-state index is 0.830. The van der Waals surface area contributed by atoms with Gasteiger partial charge in [-0.05, 0) is 137 Å². The largest absolute Gasteiger partial charge is 0.249 e. The molecule has 6 rings (SSSR count). The maximum absolute atomic E-state index is 4.93. The lowest BCUT2D eigenvalue weighted by Crippen LogP contribution is -2.02. The molecular formula is C26H12Br4N4. The zero-order valence-electron chi connectivity index (χ0n) is 17.2. The van der Waals surface area contributed by atoms with E-state index in [0.29, 0.717) is 0 Å². The Morgan fingerprint density at radius 1 is 0.500 bits per heavy atom. The number of allylic oxidation sites excluding steroid dienone is 12. The third kappa shape index (κ3) is 4.06. The van der Waals surface area contributed by atoms with Crippen LogP contribution in [0.15, 0.2) is 134 Å². The number of hydrogen-bond acceptors (Lipinski definition) is 4. The van der Waals surface area contributed by atoms with Gasteiger partial charge in [0.1, 0.15) is 0 Å². The molecule has 0 aromatic heterocycles. The van der Waals surface area contributed by atoms with E-state index in [1.165, 1.54) is 0 Å². The predicted molar refractivity (Wildman–Crippen MR) is 155 cm³/mol. The molecule has 5 heterocycles. The van der Waals surface area contributed by atoms with Crippen LogP contribution in [0.4, 0.5) is 0 Å². The van der Waals surface area contributed by atoms with Gasteiger partial charge in [-0.15, -0.1) is 0 Å². The van der Waals surface area contributed by atoms with E-state index >= 15 is 0 Å². The lowest BCUT2D eigenvalue weighted by molar-refractivity contribution is 1.39. The van der Waals surface area contributed by atoms with Gasteiger partial charge in [0.15, 0.2) is 0 Å². The molecule has 0 aliphatic carbocycles. The Balaban J connectivity index is 1.60. The van der Waals surface area contributed by atoms with Gasteiger partial charge in [0.25, 0.3) is 0 Å². The van der Waals surface area contributed by atoms with Crippen molar-refractivity contribution in [1.29, 1.82) is 0 Å². The summed E-state index contributed by atoms with van der Waals surface area (Å²) in [7, 11) is 0. The molecule has 1 aromatic rings. The molecule has 0 saturated heterocycles. The molecule has 34 heavy (non-hydrogen) atoms. The normalized spacial score (nSPS) is 19.8. The van der Waals surface area contributed by atoms with Crippen molar-refractivity contribution >= 4 is 92.1 Å². The summed E-state index contributed by atoms with van der Waals surface area (Å²) >= 11 is 14.7. The van der Waals surface area contributed by atoms with Gasteiger partial charge in [-0.3, -0.25) is 0 Å². The maximum Gasteiger partial charge on any atom is 0.0738 e. The number of aliphatic imine (C=N–C) groups is 4. The fraction of sp³-hybridized carbons (Fsp3) is 0. The van der Waals surface area contributed by atoms with Crippen LogP contribution in [-0.4, -0.2) is 22.8 Å². The Labute approximate surface area is 229 Å². The van der Waals surface area contributed by atoms with Crippen LogP contribution in [0.5, 0.6) is 0 Å². The highest BCUT2D eigenvalue weighted by molar-refractivity contribution is 9.15. The summed E-state index contributed by atoms with van der Waals surface area (Å²) in [5, 5.41) is 0. The van der Waals surface area contributed by atoms with E-state index in [1.54, 1.807) is 0 Å². The van der Waals surface area contributed by atoms with Crippen molar-refractivity contribution in [2.24, 2.45) is 20.0 Å². The Kier molecular flexibility index (Phi) is 5.72. The number of halogens is 4. The zero-order valence-corrected chi connectivity index (χ0v) is 23.6. The van der Waals surface area contributed by atoms with Crippen LogP contribution in [0.25, 0.3) is 5.57 Å². The molecule has 0 unspecified atom stereocenters. The van der Waals surface area contributed by atoms with Gasteiger partial charge in [0.05, 0.1) is 45.6 Å². The van der Waals surface area contributed by atoms with Crippen LogP contribution < -0.4 is 0 Å². The molecule has 1 aromatic carbocycles. The van der Waals surface area contributed by atoms with E-state index < -0.39 is 0 Å². The molecule has 5 aliphatic heterocycles. The van der Waals surface area contributed by atoms with Crippen molar-refractivity contribution in [3.63, 3.8) is 0 Å². The first kappa shape index (κ1) is 22.2. The van der Waals surface area contributed by atoms with E-state index in [2.05, 4.69) is 69.8 Å². The van der Waals surface area contributed by atoms with Gasteiger partial charge in [-0.2, -0.15) is 0 Å². The summed E-state index contributed by atoms with van der Waals surface area (Å²) in [6.45, 7) is 0. The van der Waals surface area contributed by atoms with Gasteiger partial charge in [-0.1, -0.05) is 0 Å². The molecule has 0 spiro atoms. The van der Waals surface area contributed by atoms with Crippen LogP contribution in [-0.2, 0) is 0 Å². The first-order valence-electron chi connectivity index (χ1n) is 10.2. The van der Waals surface area contributed by atoms with Crippen molar-refractivity contribution in [3.05, 3.63) is 119 Å². The summed E-state index contributed by atoms with van der Waals surface area (Å²) in [5.41, 5.74) is 8.66.